The van der Waals surface area contributed by atoms with E-state index in [0.717, 1.165) is 47.0 Å². The van der Waals surface area contributed by atoms with Crippen molar-refractivity contribution in [3.05, 3.63) is 71.9 Å². The number of alkyl carbamates (subject to hydrolysis) is 1. The minimum absolute atomic E-state index is 0.0211. The number of thiophene rings is 1. The topological polar surface area (TPSA) is 95.1 Å². The molecule has 11 heteroatoms. The number of hydrogen-bond donors (Lipinski definition) is 1. The summed E-state index contributed by atoms with van der Waals surface area (Å²) in [5.74, 6) is 0.807. The van der Waals surface area contributed by atoms with Crippen molar-refractivity contribution in [2.75, 3.05) is 42.5 Å². The number of hydrogen-bond acceptors (Lipinski definition) is 8. The fourth-order valence-electron chi connectivity index (χ4n) is 5.34. The number of anilines is 2. The van der Waals surface area contributed by atoms with E-state index in [0.29, 0.717) is 36.0 Å². The van der Waals surface area contributed by atoms with E-state index in [-0.39, 0.29) is 11.8 Å². The first-order valence-electron chi connectivity index (χ1n) is 14.5. The van der Waals surface area contributed by atoms with Gasteiger partial charge in [-0.2, -0.15) is 0 Å². The molecule has 1 N–H and O–H groups in total. The molecule has 0 spiro atoms. The zero-order chi connectivity index (χ0) is 30.7. The van der Waals surface area contributed by atoms with Crippen LogP contribution in [0.3, 0.4) is 0 Å². The quantitative estimate of drug-likeness (QED) is 0.330. The molecular weight excluding hydrogens is 583 g/mol. The Morgan fingerprint density at radius 2 is 1.88 bits per heavy atom. The number of ketones is 1. The lowest BCUT2D eigenvalue weighted by atomic mass is 10.1. The zero-order valence-electron chi connectivity index (χ0n) is 25.2. The molecule has 2 atom stereocenters. The highest BCUT2D eigenvalue weighted by Gasteiger charge is 2.29. The molecule has 2 fully saturated rings. The van der Waals surface area contributed by atoms with Crippen molar-refractivity contribution < 1.29 is 18.5 Å². The van der Waals surface area contributed by atoms with E-state index in [1.165, 1.54) is 11.3 Å². The molecule has 1 amide bonds. The van der Waals surface area contributed by atoms with Gasteiger partial charge in [0.1, 0.15) is 22.4 Å². The van der Waals surface area contributed by atoms with E-state index in [1.54, 1.807) is 13.1 Å². The number of benzene rings is 1. The van der Waals surface area contributed by atoms with Crippen LogP contribution in [-0.2, 0) is 15.7 Å². The standard InChI is InChI=1S/C32H39N5O4S2/c1-22-20-36(16-17-37(22)27-18-28(42-30(27)23(2)38)24-10-7-6-8-11-24)43(40)26-13-14-29(33-19-26)35-15-9-12-25(21-35)34-31(39)41-32(3,4)5/h6-8,10-11,13-14,18-19,25H,1,9,12,15-17,20-21H2,2-5H3,(H,34,39)/t25-,43?/m0/s1. The van der Waals surface area contributed by atoms with Crippen LogP contribution in [0.4, 0.5) is 16.3 Å². The Kier molecular flexibility index (Phi) is 9.33. The van der Waals surface area contributed by atoms with Crippen molar-refractivity contribution in [3.8, 4) is 10.4 Å². The van der Waals surface area contributed by atoms with Crippen molar-refractivity contribution in [2.24, 2.45) is 0 Å². The number of Topliss-reactive ketones (excluding diaryl/α,β-unsaturated/α-hetero) is 1. The number of pyridine rings is 1. The van der Waals surface area contributed by atoms with E-state index < -0.39 is 22.7 Å². The molecule has 4 heterocycles. The molecule has 2 saturated heterocycles. The van der Waals surface area contributed by atoms with Gasteiger partial charge in [-0.3, -0.25) is 4.79 Å². The fraction of sp³-hybridized carbons (Fsp3) is 0.406. The van der Waals surface area contributed by atoms with Crippen LogP contribution in [-0.4, -0.2) is 69.7 Å². The first-order chi connectivity index (χ1) is 20.5. The van der Waals surface area contributed by atoms with E-state index >= 15 is 0 Å². The monoisotopic (exact) mass is 621 g/mol. The number of carbonyl (C=O) groups is 2. The van der Waals surface area contributed by atoms with E-state index in [4.69, 9.17) is 4.74 Å². The number of ether oxygens (including phenoxy) is 1. The van der Waals surface area contributed by atoms with E-state index in [1.807, 2.05) is 67.5 Å². The van der Waals surface area contributed by atoms with Gasteiger partial charge in [0.2, 0.25) is 0 Å². The van der Waals surface area contributed by atoms with E-state index in [9.17, 15) is 13.8 Å². The molecule has 228 valence electrons. The van der Waals surface area contributed by atoms with Crippen molar-refractivity contribution in [2.45, 2.75) is 57.1 Å². The minimum Gasteiger partial charge on any atom is -0.444 e. The maximum atomic E-state index is 13.5. The summed E-state index contributed by atoms with van der Waals surface area (Å²) in [7, 11) is -1.41. The molecule has 2 aromatic heterocycles. The average molecular weight is 622 g/mol. The summed E-state index contributed by atoms with van der Waals surface area (Å²) in [5, 5.41) is 2.97. The van der Waals surface area contributed by atoms with Gasteiger partial charge in [0, 0.05) is 55.9 Å². The lowest BCUT2D eigenvalue weighted by Crippen LogP contribution is -2.49. The highest BCUT2D eigenvalue weighted by molar-refractivity contribution is 7.82. The third-order valence-electron chi connectivity index (χ3n) is 7.32. The summed E-state index contributed by atoms with van der Waals surface area (Å²) in [6, 6.07) is 15.8. The van der Waals surface area contributed by atoms with Gasteiger partial charge in [-0.05, 0) is 57.4 Å². The number of amides is 1. The van der Waals surface area contributed by atoms with Crippen LogP contribution < -0.4 is 15.1 Å². The van der Waals surface area contributed by atoms with Gasteiger partial charge in [-0.25, -0.2) is 18.3 Å². The second-order valence-corrected chi connectivity index (χ2v) is 14.4. The largest absolute Gasteiger partial charge is 0.444 e. The third-order valence-corrected chi connectivity index (χ3v) is 10.0. The molecule has 0 radical (unpaired) electrons. The summed E-state index contributed by atoms with van der Waals surface area (Å²) < 4.78 is 20.8. The summed E-state index contributed by atoms with van der Waals surface area (Å²) in [5.41, 5.74) is 2.18. The second kappa shape index (κ2) is 13.0. The predicted molar refractivity (Wildman–Crippen MR) is 173 cm³/mol. The summed E-state index contributed by atoms with van der Waals surface area (Å²) in [4.78, 5) is 36.0. The Labute approximate surface area is 260 Å². The molecule has 1 aromatic carbocycles. The van der Waals surface area contributed by atoms with Crippen molar-refractivity contribution >= 4 is 45.7 Å². The molecule has 0 aliphatic carbocycles. The van der Waals surface area contributed by atoms with Crippen LogP contribution >= 0.6 is 11.3 Å². The number of nitrogens with one attached hydrogen (secondary N) is 1. The molecule has 0 saturated carbocycles. The van der Waals surface area contributed by atoms with Gasteiger partial charge in [0.15, 0.2) is 5.78 Å². The normalized spacial score (nSPS) is 18.8. The van der Waals surface area contributed by atoms with Crippen LogP contribution in [0, 0.1) is 0 Å². The van der Waals surface area contributed by atoms with Crippen LogP contribution in [0.25, 0.3) is 10.4 Å². The highest BCUT2D eigenvalue weighted by atomic mass is 32.2. The van der Waals surface area contributed by atoms with Gasteiger partial charge in [-0.15, -0.1) is 11.3 Å². The van der Waals surface area contributed by atoms with Crippen molar-refractivity contribution in [1.82, 2.24) is 14.6 Å². The van der Waals surface area contributed by atoms with Crippen LogP contribution in [0.1, 0.15) is 50.2 Å². The Balaban J connectivity index is 1.21. The van der Waals surface area contributed by atoms with Gasteiger partial charge < -0.3 is 19.9 Å². The van der Waals surface area contributed by atoms with Crippen molar-refractivity contribution in [1.29, 1.82) is 0 Å². The predicted octanol–water partition coefficient (Wildman–Crippen LogP) is 5.86. The molecule has 2 aliphatic rings. The minimum atomic E-state index is -1.41. The Hall–Kier alpha value is -3.54. The number of nitrogens with zero attached hydrogens (tertiary/aromatic N) is 4. The smallest absolute Gasteiger partial charge is 0.407 e. The van der Waals surface area contributed by atoms with Crippen LogP contribution in [0.2, 0.25) is 0 Å². The van der Waals surface area contributed by atoms with Gasteiger partial charge in [0.25, 0.3) is 0 Å². The zero-order valence-corrected chi connectivity index (χ0v) is 26.8. The maximum absolute atomic E-state index is 13.5. The van der Waals surface area contributed by atoms with E-state index in [2.05, 4.69) is 32.7 Å². The molecular formula is C32H39N5O4S2. The summed E-state index contributed by atoms with van der Waals surface area (Å²) >= 11 is 1.49. The number of aromatic nitrogens is 1. The average Bonchev–Trinajstić information content (AvgIpc) is 3.42. The lowest BCUT2D eigenvalue weighted by Gasteiger charge is -2.37. The summed E-state index contributed by atoms with van der Waals surface area (Å²) in [6.45, 7) is 14.4. The van der Waals surface area contributed by atoms with Gasteiger partial charge >= 0.3 is 6.09 Å². The lowest BCUT2D eigenvalue weighted by molar-refractivity contribution is 0.0499. The number of piperazine rings is 1. The maximum Gasteiger partial charge on any atom is 0.407 e. The Morgan fingerprint density at radius 1 is 1.12 bits per heavy atom. The molecule has 5 rings (SSSR count). The number of rotatable bonds is 7. The molecule has 3 aromatic rings. The van der Waals surface area contributed by atoms with Crippen molar-refractivity contribution in [3.63, 3.8) is 0 Å². The first-order valence-corrected chi connectivity index (χ1v) is 16.4. The molecule has 9 nitrogen and oxygen atoms in total. The molecule has 0 bridgehead atoms. The van der Waals surface area contributed by atoms with Crippen LogP contribution in [0.15, 0.2) is 71.9 Å². The summed E-state index contributed by atoms with van der Waals surface area (Å²) in [6.07, 6.45) is 3.06. The number of piperidine rings is 1. The van der Waals surface area contributed by atoms with Gasteiger partial charge in [0.05, 0.1) is 22.0 Å². The Morgan fingerprint density at radius 3 is 2.53 bits per heavy atom. The molecule has 1 unspecified atom stereocenters. The molecule has 43 heavy (non-hydrogen) atoms. The molecule has 2 aliphatic heterocycles. The highest BCUT2D eigenvalue weighted by Crippen LogP contribution is 2.39. The van der Waals surface area contributed by atoms with Crippen LogP contribution in [0.5, 0.6) is 0 Å². The SMILES string of the molecule is C=C1CN(S(=O)c2ccc(N3CCC[C@H](NC(=O)OC(C)(C)C)C3)nc2)CCN1c1cc(-c2ccccc2)sc1C(C)=O. The second-order valence-electron chi connectivity index (χ2n) is 11.9. The first kappa shape index (κ1) is 30.9. The third kappa shape index (κ3) is 7.52. The Bertz CT molecular complexity index is 1500. The number of carbonyl (C=O) groups excluding carboxylic acids is 2. The fourth-order valence-corrected chi connectivity index (χ4v) is 7.54. The van der Waals surface area contributed by atoms with Gasteiger partial charge in [-0.1, -0.05) is 36.9 Å².